The van der Waals surface area contributed by atoms with Gasteiger partial charge in [-0.2, -0.15) is 0 Å². The number of aromatic nitrogens is 2. The molecule has 1 unspecified atom stereocenters. The molecule has 28 heavy (non-hydrogen) atoms. The lowest BCUT2D eigenvalue weighted by molar-refractivity contribution is 0.0934. The predicted molar refractivity (Wildman–Crippen MR) is 113 cm³/mol. The second-order valence-electron chi connectivity index (χ2n) is 6.95. The fourth-order valence-electron chi connectivity index (χ4n) is 2.78. The topological polar surface area (TPSA) is 66.9 Å². The van der Waals surface area contributed by atoms with E-state index >= 15 is 0 Å². The van der Waals surface area contributed by atoms with Gasteiger partial charge < -0.3 is 10.6 Å². The number of anilines is 1. The summed E-state index contributed by atoms with van der Waals surface area (Å²) in [5.41, 5.74) is 3.60. The van der Waals surface area contributed by atoms with E-state index < -0.39 is 0 Å². The van der Waals surface area contributed by atoms with Crippen LogP contribution in [0.3, 0.4) is 0 Å². The minimum absolute atomic E-state index is 0.0892. The van der Waals surface area contributed by atoms with Crippen LogP contribution in [0.15, 0.2) is 60.7 Å². The number of hydrogen-bond donors (Lipinski definition) is 2. The second-order valence-corrected chi connectivity index (χ2v) is 6.95. The Labute approximate surface area is 166 Å². The van der Waals surface area contributed by atoms with Crippen molar-refractivity contribution in [3.8, 4) is 11.4 Å². The van der Waals surface area contributed by atoms with Crippen molar-refractivity contribution < 1.29 is 4.79 Å². The van der Waals surface area contributed by atoms with Crippen LogP contribution in [0, 0.1) is 6.92 Å². The first kappa shape index (κ1) is 19.5. The highest BCUT2D eigenvalue weighted by atomic mass is 16.1. The van der Waals surface area contributed by atoms with Gasteiger partial charge in [0.2, 0.25) is 0 Å². The molecule has 0 aliphatic rings. The first-order valence-corrected chi connectivity index (χ1v) is 9.60. The Hall–Kier alpha value is -3.21. The van der Waals surface area contributed by atoms with Gasteiger partial charge in [-0.3, -0.25) is 4.79 Å². The Morgan fingerprint density at radius 1 is 1.04 bits per heavy atom. The maximum Gasteiger partial charge on any atom is 0.270 e. The fourth-order valence-corrected chi connectivity index (χ4v) is 2.78. The Bertz CT molecular complexity index is 940. The van der Waals surface area contributed by atoms with Crippen molar-refractivity contribution in [2.75, 3.05) is 5.32 Å². The summed E-state index contributed by atoms with van der Waals surface area (Å²) in [5, 5.41) is 6.31. The third-order valence-electron chi connectivity index (χ3n) is 4.54. The summed E-state index contributed by atoms with van der Waals surface area (Å²) in [4.78, 5) is 21.8. The number of benzene rings is 2. The van der Waals surface area contributed by atoms with Gasteiger partial charge in [0.1, 0.15) is 11.5 Å². The molecule has 1 heterocycles. The summed E-state index contributed by atoms with van der Waals surface area (Å²) in [6, 6.07) is 19.8. The summed E-state index contributed by atoms with van der Waals surface area (Å²) >= 11 is 0. The van der Waals surface area contributed by atoms with E-state index in [2.05, 4.69) is 45.7 Å². The van der Waals surface area contributed by atoms with Crippen LogP contribution in [0.5, 0.6) is 0 Å². The Balaban J connectivity index is 1.89. The van der Waals surface area contributed by atoms with E-state index in [0.717, 1.165) is 17.5 Å². The number of nitrogens with one attached hydrogen (secondary N) is 2. The SMILES string of the molecule is CCC(C)NC(=O)c1cc(NCc2cccc(C)c2)nc(-c2ccccc2)n1. The Morgan fingerprint density at radius 2 is 1.82 bits per heavy atom. The summed E-state index contributed by atoms with van der Waals surface area (Å²) < 4.78 is 0. The van der Waals surface area contributed by atoms with Crippen LogP contribution in [-0.2, 0) is 6.54 Å². The first-order valence-electron chi connectivity index (χ1n) is 9.60. The van der Waals surface area contributed by atoms with E-state index in [1.807, 2.05) is 50.2 Å². The van der Waals surface area contributed by atoms with Crippen molar-refractivity contribution in [2.45, 2.75) is 39.8 Å². The molecule has 3 aromatic rings. The minimum Gasteiger partial charge on any atom is -0.366 e. The molecule has 0 radical (unpaired) electrons. The first-order chi connectivity index (χ1) is 13.5. The quantitative estimate of drug-likeness (QED) is 0.635. The van der Waals surface area contributed by atoms with Gasteiger partial charge >= 0.3 is 0 Å². The molecule has 5 nitrogen and oxygen atoms in total. The minimum atomic E-state index is -0.187. The molecule has 0 saturated heterocycles. The van der Waals surface area contributed by atoms with Crippen LogP contribution in [0.4, 0.5) is 5.82 Å². The highest BCUT2D eigenvalue weighted by Crippen LogP contribution is 2.19. The van der Waals surface area contributed by atoms with Crippen LogP contribution in [0.1, 0.15) is 41.9 Å². The van der Waals surface area contributed by atoms with Crippen molar-refractivity contribution in [3.05, 3.63) is 77.5 Å². The largest absolute Gasteiger partial charge is 0.366 e. The molecule has 5 heteroatoms. The van der Waals surface area contributed by atoms with E-state index in [4.69, 9.17) is 0 Å². The number of nitrogens with zero attached hydrogens (tertiary/aromatic N) is 2. The number of amides is 1. The highest BCUT2D eigenvalue weighted by Gasteiger charge is 2.14. The maximum absolute atomic E-state index is 12.6. The predicted octanol–water partition coefficient (Wildman–Crippen LogP) is 4.59. The van der Waals surface area contributed by atoms with Crippen molar-refractivity contribution in [2.24, 2.45) is 0 Å². The normalized spacial score (nSPS) is 11.7. The third-order valence-corrected chi connectivity index (χ3v) is 4.54. The molecule has 1 aromatic heterocycles. The van der Waals surface area contributed by atoms with E-state index in [-0.39, 0.29) is 11.9 Å². The van der Waals surface area contributed by atoms with Gasteiger partial charge in [0.25, 0.3) is 5.91 Å². The van der Waals surface area contributed by atoms with E-state index in [1.165, 1.54) is 5.56 Å². The summed E-state index contributed by atoms with van der Waals surface area (Å²) in [7, 11) is 0. The van der Waals surface area contributed by atoms with Gasteiger partial charge in [0.15, 0.2) is 5.82 Å². The lowest BCUT2D eigenvalue weighted by Crippen LogP contribution is -2.32. The second kappa shape index (κ2) is 9.13. The molecule has 0 spiro atoms. The van der Waals surface area contributed by atoms with E-state index in [0.29, 0.717) is 23.9 Å². The molecule has 144 valence electrons. The zero-order valence-electron chi connectivity index (χ0n) is 16.6. The average Bonchev–Trinajstić information content (AvgIpc) is 2.72. The molecule has 0 fully saturated rings. The molecule has 0 bridgehead atoms. The molecule has 0 saturated carbocycles. The zero-order valence-corrected chi connectivity index (χ0v) is 16.6. The molecule has 2 N–H and O–H groups in total. The number of carbonyl (C=O) groups excluding carboxylic acids is 1. The van der Waals surface area contributed by atoms with E-state index in [1.54, 1.807) is 6.07 Å². The lowest BCUT2D eigenvalue weighted by atomic mass is 10.1. The fraction of sp³-hybridized carbons (Fsp3) is 0.261. The Morgan fingerprint density at radius 3 is 2.54 bits per heavy atom. The number of rotatable bonds is 7. The highest BCUT2D eigenvalue weighted by molar-refractivity contribution is 5.93. The Kier molecular flexibility index (Phi) is 6.37. The zero-order chi connectivity index (χ0) is 19.9. The summed E-state index contributed by atoms with van der Waals surface area (Å²) in [6.07, 6.45) is 0.862. The van der Waals surface area contributed by atoms with Crippen LogP contribution < -0.4 is 10.6 Å². The number of hydrogen-bond acceptors (Lipinski definition) is 4. The summed E-state index contributed by atoms with van der Waals surface area (Å²) in [5.74, 6) is 0.973. The number of carbonyl (C=O) groups is 1. The van der Waals surface area contributed by atoms with Gasteiger partial charge in [-0.05, 0) is 25.8 Å². The standard InChI is InChI=1S/C23H26N4O/c1-4-17(3)25-23(28)20-14-21(24-15-18-10-8-9-16(2)13-18)27-22(26-20)19-11-6-5-7-12-19/h5-14,17H,4,15H2,1-3H3,(H,25,28)(H,24,26,27). The lowest BCUT2D eigenvalue weighted by Gasteiger charge is -2.13. The molecule has 0 aliphatic carbocycles. The maximum atomic E-state index is 12.6. The average molecular weight is 374 g/mol. The van der Waals surface area contributed by atoms with Gasteiger partial charge in [-0.25, -0.2) is 9.97 Å². The van der Waals surface area contributed by atoms with Gasteiger partial charge in [0.05, 0.1) is 0 Å². The van der Waals surface area contributed by atoms with Crippen molar-refractivity contribution in [3.63, 3.8) is 0 Å². The molecule has 3 rings (SSSR count). The molecular formula is C23H26N4O. The molecule has 1 amide bonds. The smallest absolute Gasteiger partial charge is 0.270 e. The van der Waals surface area contributed by atoms with Crippen molar-refractivity contribution >= 4 is 11.7 Å². The van der Waals surface area contributed by atoms with Gasteiger partial charge in [-0.15, -0.1) is 0 Å². The number of aryl methyl sites for hydroxylation is 1. The molecular weight excluding hydrogens is 348 g/mol. The van der Waals surface area contributed by atoms with Crippen LogP contribution >= 0.6 is 0 Å². The van der Waals surface area contributed by atoms with Crippen molar-refractivity contribution in [1.82, 2.24) is 15.3 Å². The molecule has 0 aliphatic heterocycles. The third kappa shape index (κ3) is 5.16. The van der Waals surface area contributed by atoms with Crippen LogP contribution in [-0.4, -0.2) is 21.9 Å². The monoisotopic (exact) mass is 374 g/mol. The van der Waals surface area contributed by atoms with Crippen molar-refractivity contribution in [1.29, 1.82) is 0 Å². The summed E-state index contributed by atoms with van der Waals surface area (Å²) in [6.45, 7) is 6.71. The molecule has 1 atom stereocenters. The van der Waals surface area contributed by atoms with Crippen LogP contribution in [0.2, 0.25) is 0 Å². The van der Waals surface area contributed by atoms with Crippen LogP contribution in [0.25, 0.3) is 11.4 Å². The van der Waals surface area contributed by atoms with Gasteiger partial charge in [0, 0.05) is 24.2 Å². The van der Waals surface area contributed by atoms with Gasteiger partial charge in [-0.1, -0.05) is 67.1 Å². The molecule has 2 aromatic carbocycles. The van der Waals surface area contributed by atoms with E-state index in [9.17, 15) is 4.79 Å².